The van der Waals surface area contributed by atoms with E-state index in [1.807, 2.05) is 35.2 Å². The number of nitrogens with zero attached hydrogens (tertiary/aromatic N) is 2. The topological polar surface area (TPSA) is 61.2 Å². The first-order valence-electron chi connectivity index (χ1n) is 8.94. The lowest BCUT2D eigenvalue weighted by molar-refractivity contribution is 0.0474. The Hall–Kier alpha value is -2.25. The van der Waals surface area contributed by atoms with Gasteiger partial charge in [0.05, 0.1) is 5.56 Å². The predicted octanol–water partition coefficient (Wildman–Crippen LogP) is 4.53. The van der Waals surface area contributed by atoms with Gasteiger partial charge in [0.1, 0.15) is 0 Å². The first-order chi connectivity index (χ1) is 13.1. The van der Waals surface area contributed by atoms with Crippen LogP contribution in [0.15, 0.2) is 23.0 Å². The highest BCUT2D eigenvalue weighted by atomic mass is 32.1. The molecule has 4 rings (SSSR count). The molecule has 0 fully saturated rings. The Balaban J connectivity index is 1.48. The Morgan fingerprint density at radius 2 is 2.00 bits per heavy atom. The minimum Gasteiger partial charge on any atom is -0.454 e. The quantitative estimate of drug-likeness (QED) is 0.466. The van der Waals surface area contributed by atoms with Crippen molar-refractivity contribution in [3.63, 3.8) is 0 Å². The van der Waals surface area contributed by atoms with E-state index in [2.05, 4.69) is 4.98 Å². The largest absolute Gasteiger partial charge is 0.454 e. The van der Waals surface area contributed by atoms with Crippen LogP contribution in [0.25, 0.3) is 5.13 Å². The van der Waals surface area contributed by atoms with E-state index in [-0.39, 0.29) is 12.4 Å². The van der Waals surface area contributed by atoms with Gasteiger partial charge in [0, 0.05) is 38.8 Å². The van der Waals surface area contributed by atoms with Gasteiger partial charge in [0.2, 0.25) is 5.78 Å². The number of hydrogen-bond acceptors (Lipinski definition) is 6. The van der Waals surface area contributed by atoms with Crippen molar-refractivity contribution >= 4 is 34.4 Å². The molecule has 0 radical (unpaired) electrons. The average molecular weight is 401 g/mol. The van der Waals surface area contributed by atoms with Crippen LogP contribution in [0.3, 0.4) is 0 Å². The van der Waals surface area contributed by atoms with E-state index < -0.39 is 5.97 Å². The van der Waals surface area contributed by atoms with Crippen molar-refractivity contribution in [3.05, 3.63) is 56.0 Å². The van der Waals surface area contributed by atoms with Gasteiger partial charge in [-0.1, -0.05) is 0 Å². The molecule has 3 heterocycles. The molecular formula is C20H20N2O3S2. The molecule has 0 aromatic carbocycles. The van der Waals surface area contributed by atoms with Gasteiger partial charge >= 0.3 is 5.97 Å². The average Bonchev–Trinajstić information content (AvgIpc) is 3.38. The summed E-state index contributed by atoms with van der Waals surface area (Å²) in [5.41, 5.74) is 4.07. The lowest BCUT2D eigenvalue weighted by atomic mass is 9.96. The number of aryl methyl sites for hydroxylation is 2. The molecule has 0 unspecified atom stereocenters. The molecule has 27 heavy (non-hydrogen) atoms. The van der Waals surface area contributed by atoms with Crippen LogP contribution < -0.4 is 0 Å². The van der Waals surface area contributed by atoms with Gasteiger partial charge in [-0.05, 0) is 51.2 Å². The van der Waals surface area contributed by atoms with Crippen molar-refractivity contribution in [2.75, 3.05) is 6.61 Å². The molecule has 5 nitrogen and oxygen atoms in total. The predicted molar refractivity (Wildman–Crippen MR) is 106 cm³/mol. The molecule has 3 aromatic rings. The number of ketones is 1. The molecule has 0 saturated carbocycles. The van der Waals surface area contributed by atoms with Crippen LogP contribution in [0.1, 0.15) is 55.4 Å². The smallest absolute Gasteiger partial charge is 0.339 e. The summed E-state index contributed by atoms with van der Waals surface area (Å²) in [5.74, 6) is -0.583. The highest BCUT2D eigenvalue weighted by Gasteiger charge is 2.23. The second-order valence-corrected chi connectivity index (χ2v) is 8.53. The third-order valence-electron chi connectivity index (χ3n) is 4.96. The number of Topliss-reactive ketones (excluding diaryl/α,β-unsaturated/α-hetero) is 1. The number of carbonyl (C=O) groups is 2. The third kappa shape index (κ3) is 3.37. The lowest BCUT2D eigenvalue weighted by Crippen LogP contribution is -2.16. The van der Waals surface area contributed by atoms with E-state index in [0.717, 1.165) is 41.3 Å². The summed E-state index contributed by atoms with van der Waals surface area (Å²) in [4.78, 5) is 30.7. The molecule has 0 aliphatic heterocycles. The Kier molecular flexibility index (Phi) is 4.97. The summed E-state index contributed by atoms with van der Waals surface area (Å²) >= 11 is 3.14. The van der Waals surface area contributed by atoms with Gasteiger partial charge in [-0.15, -0.1) is 22.7 Å². The normalized spacial score (nSPS) is 13.4. The zero-order valence-corrected chi connectivity index (χ0v) is 16.9. The lowest BCUT2D eigenvalue weighted by Gasteiger charge is -2.12. The minimum atomic E-state index is -0.392. The van der Waals surface area contributed by atoms with Gasteiger partial charge in [-0.3, -0.25) is 9.36 Å². The van der Waals surface area contributed by atoms with Crippen LogP contribution in [0, 0.1) is 13.8 Å². The van der Waals surface area contributed by atoms with Crippen molar-refractivity contribution in [1.82, 2.24) is 9.55 Å². The highest BCUT2D eigenvalue weighted by molar-refractivity contribution is 7.12. The van der Waals surface area contributed by atoms with E-state index in [9.17, 15) is 9.59 Å². The fourth-order valence-electron chi connectivity index (χ4n) is 3.62. The number of ether oxygens (including phenoxy) is 1. The minimum absolute atomic E-state index is 0.191. The van der Waals surface area contributed by atoms with Crippen LogP contribution in [-0.2, 0) is 17.6 Å². The first-order valence-corrected chi connectivity index (χ1v) is 10.7. The second kappa shape index (κ2) is 7.40. The summed E-state index contributed by atoms with van der Waals surface area (Å²) < 4.78 is 7.31. The Labute approximate surface area is 165 Å². The van der Waals surface area contributed by atoms with Gasteiger partial charge in [-0.25, -0.2) is 9.78 Å². The van der Waals surface area contributed by atoms with Crippen molar-refractivity contribution in [2.24, 2.45) is 0 Å². The summed E-state index contributed by atoms with van der Waals surface area (Å²) in [7, 11) is 0. The van der Waals surface area contributed by atoms with Gasteiger partial charge < -0.3 is 4.74 Å². The number of hydrogen-bond donors (Lipinski definition) is 0. The second-order valence-electron chi connectivity index (χ2n) is 6.69. The summed E-state index contributed by atoms with van der Waals surface area (Å²) in [5, 5.41) is 4.60. The molecule has 1 aliphatic carbocycles. The Bertz CT molecular complexity index is 999. The van der Waals surface area contributed by atoms with Crippen LogP contribution in [0.2, 0.25) is 0 Å². The zero-order valence-electron chi connectivity index (χ0n) is 15.3. The van der Waals surface area contributed by atoms with Gasteiger partial charge in [-0.2, -0.15) is 0 Å². The van der Waals surface area contributed by atoms with Crippen molar-refractivity contribution in [1.29, 1.82) is 0 Å². The molecule has 0 spiro atoms. The van der Waals surface area contributed by atoms with Crippen molar-refractivity contribution in [2.45, 2.75) is 39.5 Å². The van der Waals surface area contributed by atoms with E-state index in [4.69, 9.17) is 4.74 Å². The van der Waals surface area contributed by atoms with Crippen LogP contribution in [0.5, 0.6) is 0 Å². The maximum atomic E-state index is 12.7. The molecular weight excluding hydrogens is 380 g/mol. The molecule has 0 atom stereocenters. The molecule has 3 aromatic heterocycles. The van der Waals surface area contributed by atoms with E-state index in [1.54, 1.807) is 17.5 Å². The monoisotopic (exact) mass is 400 g/mol. The Morgan fingerprint density at radius 1 is 1.19 bits per heavy atom. The summed E-state index contributed by atoms with van der Waals surface area (Å²) in [6.07, 6.45) is 5.98. The summed E-state index contributed by atoms with van der Waals surface area (Å²) in [6, 6.07) is 1.83. The molecule has 1 aliphatic rings. The van der Waals surface area contributed by atoms with Crippen LogP contribution >= 0.6 is 22.7 Å². The Morgan fingerprint density at radius 3 is 2.78 bits per heavy atom. The first kappa shape index (κ1) is 18.1. The standard InChI is InChI=1S/C20H20N2O3S2/c1-12-9-15(13(2)22(12)20-21-7-8-26-20)17(23)10-25-19(24)16-11-27-18-6-4-3-5-14(16)18/h7-9,11H,3-6,10H2,1-2H3. The number of thiazole rings is 1. The highest BCUT2D eigenvalue weighted by Crippen LogP contribution is 2.30. The molecule has 0 bridgehead atoms. The van der Waals surface area contributed by atoms with E-state index in [1.165, 1.54) is 22.6 Å². The number of aromatic nitrogens is 2. The fourth-order valence-corrected chi connectivity index (χ4v) is 5.48. The molecule has 7 heteroatoms. The maximum absolute atomic E-state index is 12.7. The fraction of sp³-hybridized carbons (Fsp3) is 0.350. The van der Waals surface area contributed by atoms with Crippen molar-refractivity contribution < 1.29 is 14.3 Å². The number of thiophene rings is 1. The SMILES string of the molecule is Cc1cc(C(=O)COC(=O)c2csc3c2CCCC3)c(C)n1-c1nccs1. The molecule has 0 saturated heterocycles. The number of carbonyl (C=O) groups excluding carboxylic acids is 2. The van der Waals surface area contributed by atoms with Crippen molar-refractivity contribution in [3.8, 4) is 5.13 Å². The number of esters is 1. The van der Waals surface area contributed by atoms with Gasteiger partial charge in [0.25, 0.3) is 0 Å². The third-order valence-corrected chi connectivity index (χ3v) is 6.80. The van der Waals surface area contributed by atoms with E-state index >= 15 is 0 Å². The van der Waals surface area contributed by atoms with Crippen LogP contribution in [-0.4, -0.2) is 27.9 Å². The number of fused-ring (bicyclic) bond motifs is 1. The van der Waals surface area contributed by atoms with Crippen LogP contribution in [0.4, 0.5) is 0 Å². The van der Waals surface area contributed by atoms with E-state index in [0.29, 0.717) is 11.1 Å². The summed E-state index contributed by atoms with van der Waals surface area (Å²) in [6.45, 7) is 3.58. The molecule has 0 amide bonds. The molecule has 140 valence electrons. The zero-order chi connectivity index (χ0) is 19.0. The van der Waals surface area contributed by atoms with Gasteiger partial charge in [0.15, 0.2) is 11.7 Å². The molecule has 0 N–H and O–H groups in total. The maximum Gasteiger partial charge on any atom is 0.339 e. The number of rotatable bonds is 5.